The molecular weight excluding hydrogens is 150 g/mol. The molecule has 0 amide bonds. The number of hydrogen-bond acceptors (Lipinski definition) is 2. The van der Waals surface area contributed by atoms with Gasteiger partial charge in [-0.3, -0.25) is 4.99 Å². The summed E-state index contributed by atoms with van der Waals surface area (Å²) < 4.78 is 0. The van der Waals surface area contributed by atoms with Gasteiger partial charge in [0.25, 0.3) is 0 Å². The molecule has 0 fully saturated rings. The van der Waals surface area contributed by atoms with Gasteiger partial charge in [0.1, 0.15) is 0 Å². The molecule has 0 bridgehead atoms. The van der Waals surface area contributed by atoms with Gasteiger partial charge in [0.05, 0.1) is 5.84 Å². The second-order valence-electron chi connectivity index (χ2n) is 3.09. The van der Waals surface area contributed by atoms with Crippen molar-refractivity contribution < 1.29 is 0 Å². The number of nitrogens with zero attached hydrogens (tertiary/aromatic N) is 2. The van der Waals surface area contributed by atoms with E-state index in [2.05, 4.69) is 16.8 Å². The summed E-state index contributed by atoms with van der Waals surface area (Å²) in [6.45, 7) is 6.74. The molecule has 2 N–H and O–H groups in total. The lowest BCUT2D eigenvalue weighted by molar-refractivity contribution is 0.466. The number of rotatable bonds is 4. The van der Waals surface area contributed by atoms with Crippen LogP contribution < -0.4 is 5.73 Å². The Balaban J connectivity index is 3.51. The van der Waals surface area contributed by atoms with Crippen LogP contribution in [0.25, 0.3) is 0 Å². The minimum Gasteiger partial charge on any atom is -0.364 e. The highest BCUT2D eigenvalue weighted by atomic mass is 15.1. The molecule has 0 aliphatic rings. The van der Waals surface area contributed by atoms with Crippen molar-refractivity contribution in [2.45, 2.75) is 25.8 Å². The van der Waals surface area contributed by atoms with Crippen LogP contribution in [0, 0.1) is 6.92 Å². The van der Waals surface area contributed by atoms with Gasteiger partial charge in [0.2, 0.25) is 0 Å². The van der Waals surface area contributed by atoms with E-state index in [1.165, 1.54) is 0 Å². The maximum Gasteiger partial charge on any atom is 0.0951 e. The van der Waals surface area contributed by atoms with Crippen LogP contribution in [-0.4, -0.2) is 37.4 Å². The SMILES string of the molecule is [CH2-]C(N)CCCN(C)C(C)=NC. The topological polar surface area (TPSA) is 41.6 Å². The maximum absolute atomic E-state index is 5.53. The van der Waals surface area contributed by atoms with Crippen LogP contribution in [0.1, 0.15) is 19.8 Å². The summed E-state index contributed by atoms with van der Waals surface area (Å²) in [6, 6.07) is 0.0669. The monoisotopic (exact) mass is 170 g/mol. The molecule has 0 aliphatic carbocycles. The van der Waals surface area contributed by atoms with E-state index >= 15 is 0 Å². The highest BCUT2D eigenvalue weighted by molar-refractivity contribution is 5.79. The average molecular weight is 170 g/mol. The Morgan fingerprint density at radius 2 is 2.25 bits per heavy atom. The molecule has 0 aliphatic heterocycles. The summed E-state index contributed by atoms with van der Waals surface area (Å²) in [6.07, 6.45) is 2.05. The second-order valence-corrected chi connectivity index (χ2v) is 3.09. The summed E-state index contributed by atoms with van der Waals surface area (Å²) in [5.74, 6) is 1.06. The third-order valence-electron chi connectivity index (χ3n) is 1.94. The lowest BCUT2D eigenvalue weighted by atomic mass is 10.2. The molecule has 0 heterocycles. The molecule has 0 spiro atoms. The summed E-state index contributed by atoms with van der Waals surface area (Å²) in [5.41, 5.74) is 5.53. The van der Waals surface area contributed by atoms with Gasteiger partial charge >= 0.3 is 0 Å². The zero-order chi connectivity index (χ0) is 9.56. The van der Waals surface area contributed by atoms with E-state index in [1.54, 1.807) is 7.05 Å². The number of hydrogen-bond donors (Lipinski definition) is 1. The zero-order valence-corrected chi connectivity index (χ0v) is 8.38. The molecule has 0 saturated carbocycles. The van der Waals surface area contributed by atoms with Crippen LogP contribution in [-0.2, 0) is 0 Å². The first-order chi connectivity index (χ1) is 5.57. The summed E-state index contributed by atoms with van der Waals surface area (Å²) in [7, 11) is 3.84. The quantitative estimate of drug-likeness (QED) is 0.387. The Morgan fingerprint density at radius 3 is 2.67 bits per heavy atom. The molecule has 3 heteroatoms. The van der Waals surface area contributed by atoms with Gasteiger partial charge in [-0.2, -0.15) is 0 Å². The molecule has 0 rings (SSSR count). The molecular formula is C9H20N3-. The summed E-state index contributed by atoms with van der Waals surface area (Å²) in [4.78, 5) is 6.21. The minimum absolute atomic E-state index is 0.0669. The lowest BCUT2D eigenvalue weighted by Gasteiger charge is -2.19. The Hall–Kier alpha value is -0.570. The van der Waals surface area contributed by atoms with Crippen molar-refractivity contribution in [2.24, 2.45) is 10.7 Å². The van der Waals surface area contributed by atoms with Gasteiger partial charge in [0, 0.05) is 20.6 Å². The molecule has 72 valence electrons. The van der Waals surface area contributed by atoms with Crippen molar-refractivity contribution in [3.05, 3.63) is 6.92 Å². The van der Waals surface area contributed by atoms with Gasteiger partial charge in [-0.25, -0.2) is 0 Å². The third-order valence-corrected chi connectivity index (χ3v) is 1.94. The van der Waals surface area contributed by atoms with E-state index in [1.807, 2.05) is 14.0 Å². The molecule has 0 aromatic carbocycles. The molecule has 3 nitrogen and oxygen atoms in total. The van der Waals surface area contributed by atoms with E-state index in [9.17, 15) is 0 Å². The molecule has 0 saturated heterocycles. The largest absolute Gasteiger partial charge is 0.364 e. The van der Waals surface area contributed by atoms with Crippen molar-refractivity contribution in [1.82, 2.24) is 4.90 Å². The van der Waals surface area contributed by atoms with Crippen molar-refractivity contribution in [3.63, 3.8) is 0 Å². The molecule has 1 unspecified atom stereocenters. The van der Waals surface area contributed by atoms with Gasteiger partial charge in [-0.05, 0) is 13.3 Å². The van der Waals surface area contributed by atoms with Gasteiger partial charge < -0.3 is 17.6 Å². The smallest absolute Gasteiger partial charge is 0.0951 e. The van der Waals surface area contributed by atoms with Gasteiger partial charge in [-0.15, -0.1) is 6.04 Å². The van der Waals surface area contributed by atoms with E-state index in [0.717, 1.165) is 25.2 Å². The summed E-state index contributed by atoms with van der Waals surface area (Å²) in [5, 5.41) is 0. The van der Waals surface area contributed by atoms with Crippen LogP contribution in [0.4, 0.5) is 0 Å². The molecule has 12 heavy (non-hydrogen) atoms. The number of amidine groups is 1. The first-order valence-corrected chi connectivity index (χ1v) is 4.31. The fraction of sp³-hybridized carbons (Fsp3) is 0.778. The highest BCUT2D eigenvalue weighted by Crippen LogP contribution is 1.96. The van der Waals surface area contributed by atoms with Crippen molar-refractivity contribution in [2.75, 3.05) is 20.6 Å². The van der Waals surface area contributed by atoms with Crippen LogP contribution in [0.15, 0.2) is 4.99 Å². The molecule has 1 atom stereocenters. The maximum atomic E-state index is 5.53. The fourth-order valence-electron chi connectivity index (χ4n) is 0.923. The average Bonchev–Trinajstić information content (AvgIpc) is 2.02. The predicted octanol–water partition coefficient (Wildman–Crippen LogP) is 0.908. The lowest BCUT2D eigenvalue weighted by Crippen LogP contribution is -2.26. The highest BCUT2D eigenvalue weighted by Gasteiger charge is 1.98. The molecule has 0 aromatic heterocycles. The van der Waals surface area contributed by atoms with Crippen LogP contribution in [0.2, 0.25) is 0 Å². The Labute approximate surface area is 75.7 Å². The van der Waals surface area contributed by atoms with Crippen LogP contribution in [0.3, 0.4) is 0 Å². The molecule has 0 aromatic rings. The Morgan fingerprint density at radius 1 is 1.67 bits per heavy atom. The van der Waals surface area contributed by atoms with Gasteiger partial charge in [-0.1, -0.05) is 6.42 Å². The standard InChI is InChI=1S/C9H20N3/c1-8(10)6-5-7-12(4)9(2)11-3/h8H,1,5-7,10H2,2-4H3/q-1. The Bertz CT molecular complexity index is 141. The normalized spacial score (nSPS) is 14.6. The third kappa shape index (κ3) is 5.13. The number of nitrogens with two attached hydrogens (primary N) is 1. The Kier molecular flexibility index (Phi) is 5.72. The minimum atomic E-state index is 0.0669. The predicted molar refractivity (Wildman–Crippen MR) is 54.2 cm³/mol. The second kappa shape index (κ2) is 6.00. The van der Waals surface area contributed by atoms with E-state index in [0.29, 0.717) is 0 Å². The first-order valence-electron chi connectivity index (χ1n) is 4.31. The van der Waals surface area contributed by atoms with E-state index < -0.39 is 0 Å². The summed E-state index contributed by atoms with van der Waals surface area (Å²) >= 11 is 0. The van der Waals surface area contributed by atoms with Gasteiger partial charge in [0.15, 0.2) is 0 Å². The zero-order valence-electron chi connectivity index (χ0n) is 8.38. The van der Waals surface area contributed by atoms with Crippen molar-refractivity contribution >= 4 is 5.84 Å². The van der Waals surface area contributed by atoms with E-state index in [4.69, 9.17) is 5.73 Å². The van der Waals surface area contributed by atoms with E-state index in [-0.39, 0.29) is 6.04 Å². The number of aliphatic imine (C=N–C) groups is 1. The van der Waals surface area contributed by atoms with Crippen molar-refractivity contribution in [3.8, 4) is 0 Å². The first kappa shape index (κ1) is 11.4. The molecule has 0 radical (unpaired) electrons. The van der Waals surface area contributed by atoms with Crippen LogP contribution in [0.5, 0.6) is 0 Å². The van der Waals surface area contributed by atoms with Crippen molar-refractivity contribution in [1.29, 1.82) is 0 Å². The van der Waals surface area contributed by atoms with Crippen LogP contribution >= 0.6 is 0 Å². The fourth-order valence-corrected chi connectivity index (χ4v) is 0.923.